The second-order valence-corrected chi connectivity index (χ2v) is 4.61. The van der Waals surface area contributed by atoms with Gasteiger partial charge >= 0.3 is 0 Å². The highest BCUT2D eigenvalue weighted by Gasteiger charge is 2.12. The van der Waals surface area contributed by atoms with E-state index in [9.17, 15) is 14.5 Å². The number of rotatable bonds is 5. The molecule has 2 aromatic rings. The molecule has 2 rings (SSSR count). The summed E-state index contributed by atoms with van der Waals surface area (Å²) in [5.74, 6) is -0.468. The molecule has 0 fully saturated rings. The fraction of sp³-hybridized carbons (Fsp3) is 0.143. The molecule has 0 spiro atoms. The van der Waals surface area contributed by atoms with Crippen LogP contribution in [-0.2, 0) is 13.1 Å². The van der Waals surface area contributed by atoms with Crippen LogP contribution in [0.15, 0.2) is 42.5 Å². The Morgan fingerprint density at radius 3 is 2.50 bits per heavy atom. The van der Waals surface area contributed by atoms with Crippen molar-refractivity contribution in [3.05, 3.63) is 74.5 Å². The van der Waals surface area contributed by atoms with Crippen molar-refractivity contribution in [2.45, 2.75) is 13.1 Å². The van der Waals surface area contributed by atoms with Gasteiger partial charge in [0.2, 0.25) is 0 Å². The van der Waals surface area contributed by atoms with E-state index in [1.807, 2.05) is 0 Å². The van der Waals surface area contributed by atoms with Gasteiger partial charge in [-0.15, -0.1) is 0 Å². The number of hydrogen-bond acceptors (Lipinski definition) is 3. The molecule has 0 aromatic heterocycles. The Bertz CT molecular complexity index is 634. The molecule has 0 saturated heterocycles. The van der Waals surface area contributed by atoms with Crippen LogP contribution in [-0.4, -0.2) is 4.92 Å². The van der Waals surface area contributed by atoms with Gasteiger partial charge in [0.25, 0.3) is 5.69 Å². The Morgan fingerprint density at radius 1 is 1.10 bits per heavy atom. The van der Waals surface area contributed by atoms with E-state index < -0.39 is 10.7 Å². The number of nitrogens with zero attached hydrogens (tertiary/aromatic N) is 1. The van der Waals surface area contributed by atoms with Gasteiger partial charge in [-0.3, -0.25) is 10.1 Å². The fourth-order valence-corrected chi connectivity index (χ4v) is 2.05. The van der Waals surface area contributed by atoms with Gasteiger partial charge in [0.1, 0.15) is 5.82 Å². The van der Waals surface area contributed by atoms with E-state index in [4.69, 9.17) is 11.6 Å². The standard InChI is InChI=1S/C14H12ClFN2O2/c15-12-6-3-5-11(14(12)16)9-17-8-10-4-1-2-7-13(10)18(19)20/h1-7,17H,8-9H2. The predicted molar refractivity (Wildman–Crippen MR) is 75.1 cm³/mol. The molecule has 0 atom stereocenters. The molecule has 20 heavy (non-hydrogen) atoms. The summed E-state index contributed by atoms with van der Waals surface area (Å²) in [6.07, 6.45) is 0. The van der Waals surface area contributed by atoms with E-state index in [0.29, 0.717) is 11.1 Å². The average Bonchev–Trinajstić information content (AvgIpc) is 2.44. The van der Waals surface area contributed by atoms with Crippen LogP contribution in [0.4, 0.5) is 10.1 Å². The molecule has 0 bridgehead atoms. The minimum atomic E-state index is -0.468. The van der Waals surface area contributed by atoms with Crippen molar-refractivity contribution in [1.82, 2.24) is 5.32 Å². The highest BCUT2D eigenvalue weighted by Crippen LogP contribution is 2.19. The second kappa shape index (κ2) is 6.45. The summed E-state index contributed by atoms with van der Waals surface area (Å²) in [7, 11) is 0. The molecule has 104 valence electrons. The van der Waals surface area contributed by atoms with Crippen LogP contribution < -0.4 is 5.32 Å². The zero-order chi connectivity index (χ0) is 14.5. The molecule has 0 amide bonds. The van der Waals surface area contributed by atoms with Gasteiger partial charge in [-0.25, -0.2) is 4.39 Å². The van der Waals surface area contributed by atoms with Crippen LogP contribution in [0.3, 0.4) is 0 Å². The molecule has 0 aliphatic carbocycles. The Kier molecular flexibility index (Phi) is 4.65. The molecule has 0 saturated carbocycles. The molecule has 0 aliphatic heterocycles. The van der Waals surface area contributed by atoms with Crippen LogP contribution >= 0.6 is 11.6 Å². The van der Waals surface area contributed by atoms with Crippen LogP contribution in [0.1, 0.15) is 11.1 Å². The van der Waals surface area contributed by atoms with Crippen molar-refractivity contribution in [2.75, 3.05) is 0 Å². The van der Waals surface area contributed by atoms with E-state index in [1.54, 1.807) is 30.3 Å². The largest absolute Gasteiger partial charge is 0.308 e. The third kappa shape index (κ3) is 3.31. The van der Waals surface area contributed by atoms with Gasteiger partial charge < -0.3 is 5.32 Å². The summed E-state index contributed by atoms with van der Waals surface area (Å²) in [6.45, 7) is 0.529. The van der Waals surface area contributed by atoms with E-state index in [-0.39, 0.29) is 23.8 Å². The van der Waals surface area contributed by atoms with Crippen LogP contribution in [0.5, 0.6) is 0 Å². The van der Waals surface area contributed by atoms with Crippen molar-refractivity contribution < 1.29 is 9.31 Å². The maximum Gasteiger partial charge on any atom is 0.273 e. The van der Waals surface area contributed by atoms with Gasteiger partial charge in [-0.2, -0.15) is 0 Å². The van der Waals surface area contributed by atoms with Gasteiger partial charge in [0.15, 0.2) is 0 Å². The molecule has 0 radical (unpaired) electrons. The number of hydrogen-bond donors (Lipinski definition) is 1. The summed E-state index contributed by atoms with van der Waals surface area (Å²) in [5, 5.41) is 13.9. The highest BCUT2D eigenvalue weighted by molar-refractivity contribution is 6.30. The molecule has 0 unspecified atom stereocenters. The third-order valence-corrected chi connectivity index (χ3v) is 3.14. The summed E-state index contributed by atoms with van der Waals surface area (Å²) in [4.78, 5) is 10.4. The normalized spacial score (nSPS) is 10.5. The number of halogens is 2. The Morgan fingerprint density at radius 2 is 1.75 bits per heavy atom. The lowest BCUT2D eigenvalue weighted by atomic mass is 10.1. The van der Waals surface area contributed by atoms with Gasteiger partial charge in [-0.1, -0.05) is 41.9 Å². The molecular weight excluding hydrogens is 283 g/mol. The Labute approximate surface area is 120 Å². The average molecular weight is 295 g/mol. The topological polar surface area (TPSA) is 55.2 Å². The monoisotopic (exact) mass is 294 g/mol. The summed E-state index contributed by atoms with van der Waals surface area (Å²) in [6, 6.07) is 11.2. The smallest absolute Gasteiger partial charge is 0.273 e. The van der Waals surface area contributed by atoms with E-state index >= 15 is 0 Å². The number of nitro benzene ring substituents is 1. The van der Waals surface area contributed by atoms with Gasteiger partial charge in [0, 0.05) is 30.3 Å². The quantitative estimate of drug-likeness (QED) is 0.676. The molecule has 6 heteroatoms. The zero-order valence-electron chi connectivity index (χ0n) is 10.5. The molecular formula is C14H12ClFN2O2. The predicted octanol–water partition coefficient (Wildman–Crippen LogP) is 3.68. The Balaban J connectivity index is 2.03. The first-order chi connectivity index (χ1) is 9.59. The van der Waals surface area contributed by atoms with E-state index in [0.717, 1.165) is 0 Å². The van der Waals surface area contributed by atoms with Crippen LogP contribution in [0, 0.1) is 15.9 Å². The van der Waals surface area contributed by atoms with Gasteiger partial charge in [0.05, 0.1) is 9.95 Å². The summed E-state index contributed by atoms with van der Waals surface area (Å²) < 4.78 is 13.7. The number of nitro groups is 1. The van der Waals surface area contributed by atoms with Crippen molar-refractivity contribution in [1.29, 1.82) is 0 Å². The number of para-hydroxylation sites is 1. The SMILES string of the molecule is O=[N+]([O-])c1ccccc1CNCc1cccc(Cl)c1F. The number of benzene rings is 2. The second-order valence-electron chi connectivity index (χ2n) is 4.20. The minimum absolute atomic E-state index is 0.0477. The lowest BCUT2D eigenvalue weighted by Gasteiger charge is -2.07. The van der Waals surface area contributed by atoms with E-state index in [1.165, 1.54) is 12.1 Å². The Hall–Kier alpha value is -1.98. The first-order valence-corrected chi connectivity index (χ1v) is 6.33. The van der Waals surface area contributed by atoms with Crippen molar-refractivity contribution in [2.24, 2.45) is 0 Å². The van der Waals surface area contributed by atoms with Crippen molar-refractivity contribution in [3.63, 3.8) is 0 Å². The lowest BCUT2D eigenvalue weighted by molar-refractivity contribution is -0.385. The lowest BCUT2D eigenvalue weighted by Crippen LogP contribution is -2.14. The number of nitrogens with one attached hydrogen (secondary N) is 1. The molecule has 0 heterocycles. The van der Waals surface area contributed by atoms with Crippen molar-refractivity contribution >= 4 is 17.3 Å². The van der Waals surface area contributed by atoms with Crippen LogP contribution in [0.2, 0.25) is 5.02 Å². The highest BCUT2D eigenvalue weighted by atomic mass is 35.5. The maximum atomic E-state index is 13.7. The fourth-order valence-electron chi connectivity index (χ4n) is 1.86. The minimum Gasteiger partial charge on any atom is -0.308 e. The maximum absolute atomic E-state index is 13.7. The molecule has 1 N–H and O–H groups in total. The first kappa shape index (κ1) is 14.4. The molecule has 4 nitrogen and oxygen atoms in total. The summed E-state index contributed by atoms with van der Waals surface area (Å²) >= 11 is 5.68. The molecule has 0 aliphatic rings. The summed E-state index contributed by atoms with van der Waals surface area (Å²) in [5.41, 5.74) is 1.03. The van der Waals surface area contributed by atoms with Crippen molar-refractivity contribution in [3.8, 4) is 0 Å². The molecule has 2 aromatic carbocycles. The van der Waals surface area contributed by atoms with Gasteiger partial charge in [-0.05, 0) is 6.07 Å². The zero-order valence-corrected chi connectivity index (χ0v) is 11.2. The van der Waals surface area contributed by atoms with E-state index in [2.05, 4.69) is 5.32 Å². The first-order valence-electron chi connectivity index (χ1n) is 5.95. The third-order valence-electron chi connectivity index (χ3n) is 2.85. The van der Waals surface area contributed by atoms with Crippen LogP contribution in [0.25, 0.3) is 0 Å².